The average Bonchev–Trinajstić information content (AvgIpc) is 3.80. The molecule has 5 aliphatic rings. The molecule has 0 unspecified atom stereocenters. The summed E-state index contributed by atoms with van der Waals surface area (Å²) < 4.78 is 17.7. The summed E-state index contributed by atoms with van der Waals surface area (Å²) in [6, 6.07) is 0.880. The fourth-order valence-electron chi connectivity index (χ4n) is 8.00. The van der Waals surface area contributed by atoms with Crippen molar-refractivity contribution in [3.63, 3.8) is 0 Å². The lowest BCUT2D eigenvalue weighted by Crippen LogP contribution is -2.52. The van der Waals surface area contributed by atoms with Gasteiger partial charge in [-0.1, -0.05) is 49.5 Å². The Morgan fingerprint density at radius 2 is 1.67 bits per heavy atom. The molecule has 0 aromatic heterocycles. The zero-order valence-electron chi connectivity index (χ0n) is 28.4. The Hall–Kier alpha value is -2.16. The number of ether oxygens (including phenoxy) is 3. The van der Waals surface area contributed by atoms with Crippen LogP contribution in [0.4, 0.5) is 4.79 Å². The van der Waals surface area contributed by atoms with Crippen LogP contribution in [-0.4, -0.2) is 90.1 Å². The minimum atomic E-state index is -0.442. The van der Waals surface area contributed by atoms with E-state index in [0.29, 0.717) is 25.0 Å². The summed E-state index contributed by atoms with van der Waals surface area (Å²) in [7, 11) is 0. The normalized spacial score (nSPS) is 32.5. The monoisotopic (exact) mass is 625 g/mol. The Balaban J connectivity index is 0.948. The van der Waals surface area contributed by atoms with Gasteiger partial charge in [0.15, 0.2) is 0 Å². The standard InChI is InChI=1S/C37H59N3O5/c1-28(12-19-33-25-37(27-43-37)26-36(3,4)45-33)11-14-30-15-17-31(18-16-30)38-34(41)20-13-29(2)44-35(42)40-23-21-39(22-24-40)32-9-7-5-6-8-10-32/h11-13,19-20,29-33H,5-10,14-18,21-27H2,1-4H3,(H,38,41)/t29-,30?,31?,33+,37+/m0/s1. The molecule has 0 bridgehead atoms. The summed E-state index contributed by atoms with van der Waals surface area (Å²) in [5, 5.41) is 3.16. The van der Waals surface area contributed by atoms with Crippen LogP contribution in [0.2, 0.25) is 0 Å². The fraction of sp³-hybridized carbons (Fsp3) is 0.784. The first-order valence-electron chi connectivity index (χ1n) is 17.9. The van der Waals surface area contributed by atoms with Gasteiger partial charge in [-0.2, -0.15) is 0 Å². The lowest BCUT2D eigenvalue weighted by molar-refractivity contribution is -0.117. The first kappa shape index (κ1) is 34.2. The Kier molecular flexibility index (Phi) is 11.9. The van der Waals surface area contributed by atoms with Crippen molar-refractivity contribution in [2.45, 2.75) is 147 Å². The molecule has 1 spiro atoms. The molecule has 45 heavy (non-hydrogen) atoms. The van der Waals surface area contributed by atoms with E-state index < -0.39 is 6.10 Å². The van der Waals surface area contributed by atoms with Gasteiger partial charge >= 0.3 is 6.09 Å². The SMILES string of the molecule is CC(C=C[C@@H]1C[C@]2(CO2)CC(C)(C)O1)=CCC1CCC(NC(=O)C=C[C@H](C)OC(=O)N2CCN(C3CCCCCC3)CC2)CC1. The van der Waals surface area contributed by atoms with E-state index in [9.17, 15) is 9.59 Å². The molecule has 8 heteroatoms. The van der Waals surface area contributed by atoms with Crippen LogP contribution in [0.5, 0.6) is 0 Å². The van der Waals surface area contributed by atoms with Crippen molar-refractivity contribution in [3.05, 3.63) is 36.0 Å². The fourth-order valence-corrected chi connectivity index (χ4v) is 8.00. The third-order valence-electron chi connectivity index (χ3n) is 10.6. The topological polar surface area (TPSA) is 83.6 Å². The Morgan fingerprint density at radius 3 is 2.33 bits per heavy atom. The molecule has 0 aromatic rings. The number of carbonyl (C=O) groups excluding carboxylic acids is 2. The predicted molar refractivity (Wildman–Crippen MR) is 178 cm³/mol. The minimum absolute atomic E-state index is 0.0484. The molecule has 3 heterocycles. The van der Waals surface area contributed by atoms with Gasteiger partial charge in [0.1, 0.15) is 6.10 Å². The molecule has 0 aromatic carbocycles. The predicted octanol–water partition coefficient (Wildman–Crippen LogP) is 6.70. The van der Waals surface area contributed by atoms with Crippen molar-refractivity contribution in [1.29, 1.82) is 0 Å². The number of piperazine rings is 1. The molecule has 2 aliphatic carbocycles. The maximum atomic E-state index is 12.7. The van der Waals surface area contributed by atoms with E-state index in [1.54, 1.807) is 6.08 Å². The first-order chi connectivity index (χ1) is 21.6. The Labute approximate surface area is 272 Å². The highest BCUT2D eigenvalue weighted by molar-refractivity contribution is 5.87. The molecule has 5 fully saturated rings. The van der Waals surface area contributed by atoms with Crippen molar-refractivity contribution >= 4 is 12.0 Å². The lowest BCUT2D eigenvalue weighted by atomic mass is 9.83. The molecule has 3 atom stereocenters. The van der Waals surface area contributed by atoms with Gasteiger partial charge in [-0.25, -0.2) is 4.79 Å². The molecule has 2 amide bonds. The average molecular weight is 626 g/mol. The molecule has 0 radical (unpaired) electrons. The number of hydrogen-bond donors (Lipinski definition) is 1. The van der Waals surface area contributed by atoms with E-state index in [1.165, 1.54) is 50.2 Å². The number of amides is 2. The quantitative estimate of drug-likeness (QED) is 0.133. The molecular formula is C37H59N3O5. The maximum absolute atomic E-state index is 12.7. The van der Waals surface area contributed by atoms with Crippen molar-refractivity contribution in [1.82, 2.24) is 15.1 Å². The number of nitrogens with zero attached hydrogens (tertiary/aromatic N) is 2. The summed E-state index contributed by atoms with van der Waals surface area (Å²) in [5.74, 6) is 0.546. The molecule has 252 valence electrons. The summed E-state index contributed by atoms with van der Waals surface area (Å²) in [4.78, 5) is 29.7. The highest BCUT2D eigenvalue weighted by atomic mass is 16.6. The van der Waals surface area contributed by atoms with E-state index >= 15 is 0 Å². The second-order valence-corrected chi connectivity index (χ2v) is 15.2. The number of rotatable bonds is 9. The Morgan fingerprint density at radius 1 is 0.978 bits per heavy atom. The number of epoxide rings is 1. The van der Waals surface area contributed by atoms with Gasteiger partial charge in [0.05, 0.1) is 23.9 Å². The van der Waals surface area contributed by atoms with Crippen LogP contribution in [0.3, 0.4) is 0 Å². The highest BCUT2D eigenvalue weighted by Gasteiger charge is 2.53. The summed E-state index contributed by atoms with van der Waals surface area (Å²) >= 11 is 0. The van der Waals surface area contributed by atoms with Crippen LogP contribution < -0.4 is 5.32 Å². The smallest absolute Gasteiger partial charge is 0.410 e. The molecule has 3 aliphatic heterocycles. The molecule has 2 saturated carbocycles. The van der Waals surface area contributed by atoms with E-state index in [4.69, 9.17) is 14.2 Å². The molecular weight excluding hydrogens is 566 g/mol. The number of hydrogen-bond acceptors (Lipinski definition) is 6. The largest absolute Gasteiger partial charge is 0.442 e. The van der Waals surface area contributed by atoms with E-state index in [-0.39, 0.29) is 35.3 Å². The second kappa shape index (κ2) is 15.6. The summed E-state index contributed by atoms with van der Waals surface area (Å²) in [6.07, 6.45) is 24.5. The number of nitrogens with one attached hydrogen (secondary N) is 1. The molecule has 3 saturated heterocycles. The van der Waals surface area contributed by atoms with Crippen LogP contribution in [0.1, 0.15) is 111 Å². The highest BCUT2D eigenvalue weighted by Crippen LogP contribution is 2.46. The van der Waals surface area contributed by atoms with Crippen LogP contribution in [0.15, 0.2) is 36.0 Å². The zero-order chi connectivity index (χ0) is 31.9. The van der Waals surface area contributed by atoms with E-state index in [2.05, 4.69) is 49.2 Å². The van der Waals surface area contributed by atoms with Gasteiger partial charge in [0.2, 0.25) is 5.91 Å². The van der Waals surface area contributed by atoms with Crippen molar-refractivity contribution in [2.24, 2.45) is 5.92 Å². The summed E-state index contributed by atoms with van der Waals surface area (Å²) in [5.41, 5.74) is 1.19. The van der Waals surface area contributed by atoms with Crippen LogP contribution in [-0.2, 0) is 19.0 Å². The minimum Gasteiger partial charge on any atom is -0.442 e. The molecule has 8 nitrogen and oxygen atoms in total. The van der Waals surface area contributed by atoms with Gasteiger partial charge in [-0.15, -0.1) is 0 Å². The van der Waals surface area contributed by atoms with Crippen LogP contribution in [0, 0.1) is 5.92 Å². The van der Waals surface area contributed by atoms with Crippen molar-refractivity contribution < 1.29 is 23.8 Å². The molecule has 1 N–H and O–H groups in total. The molecule has 5 rings (SSSR count). The van der Waals surface area contributed by atoms with Gasteiger partial charge in [-0.05, 0) is 84.6 Å². The van der Waals surface area contributed by atoms with Crippen molar-refractivity contribution in [3.8, 4) is 0 Å². The second-order valence-electron chi connectivity index (χ2n) is 15.2. The summed E-state index contributed by atoms with van der Waals surface area (Å²) in [6.45, 7) is 12.4. The first-order valence-corrected chi connectivity index (χ1v) is 17.9. The third-order valence-corrected chi connectivity index (χ3v) is 10.6. The Bertz CT molecular complexity index is 1070. The van der Waals surface area contributed by atoms with Gasteiger partial charge in [0.25, 0.3) is 0 Å². The van der Waals surface area contributed by atoms with E-state index in [1.807, 2.05) is 11.8 Å². The van der Waals surface area contributed by atoms with Crippen molar-refractivity contribution in [2.75, 3.05) is 32.8 Å². The zero-order valence-corrected chi connectivity index (χ0v) is 28.4. The van der Waals surface area contributed by atoms with Gasteiger partial charge < -0.3 is 24.4 Å². The number of allylic oxidation sites excluding steroid dienone is 3. The van der Waals surface area contributed by atoms with Gasteiger partial charge in [0, 0.05) is 57.2 Å². The van der Waals surface area contributed by atoms with Crippen LogP contribution >= 0.6 is 0 Å². The lowest BCUT2D eigenvalue weighted by Gasteiger charge is -2.38. The van der Waals surface area contributed by atoms with Crippen LogP contribution in [0.25, 0.3) is 0 Å². The maximum Gasteiger partial charge on any atom is 0.410 e. The third kappa shape index (κ3) is 10.7. The number of carbonyl (C=O) groups is 2. The van der Waals surface area contributed by atoms with Gasteiger partial charge in [-0.3, -0.25) is 9.69 Å². The van der Waals surface area contributed by atoms with E-state index in [0.717, 1.165) is 64.6 Å².